The smallest absolute Gasteiger partial charge is 0.129 e. The molecule has 4 heteroatoms. The van der Waals surface area contributed by atoms with Gasteiger partial charge in [-0.15, -0.1) is 0 Å². The van der Waals surface area contributed by atoms with Crippen molar-refractivity contribution in [3.05, 3.63) is 64.4 Å². The molecule has 0 aliphatic carbocycles. The summed E-state index contributed by atoms with van der Waals surface area (Å²) >= 11 is 6.02. The first kappa shape index (κ1) is 15.3. The Labute approximate surface area is 128 Å². The van der Waals surface area contributed by atoms with Gasteiger partial charge in [-0.2, -0.15) is 5.26 Å². The van der Waals surface area contributed by atoms with Crippen LogP contribution in [-0.2, 0) is 6.42 Å². The van der Waals surface area contributed by atoms with Crippen molar-refractivity contribution in [2.45, 2.75) is 19.3 Å². The largest absolute Gasteiger partial charge is 0.494 e. The van der Waals surface area contributed by atoms with Crippen LogP contribution in [0.1, 0.15) is 24.0 Å². The standard InChI is InChI=1S/C17H15ClFNO/c1-2-21-14-8-6-12(7-9-14)10-13(11-20)17-15(18)4-3-5-16(17)19/h3-9,13H,2,10H2,1H3. The molecular weight excluding hydrogens is 289 g/mol. The molecule has 0 aliphatic rings. The molecule has 0 saturated carbocycles. The molecule has 0 aromatic heterocycles. The third-order valence-electron chi connectivity index (χ3n) is 3.18. The lowest BCUT2D eigenvalue weighted by molar-refractivity contribution is 0.340. The normalized spacial score (nSPS) is 11.7. The average Bonchev–Trinajstić information content (AvgIpc) is 2.48. The molecule has 108 valence electrons. The molecule has 1 unspecified atom stereocenters. The molecule has 0 N–H and O–H groups in total. The van der Waals surface area contributed by atoms with Crippen LogP contribution in [0.25, 0.3) is 0 Å². The Morgan fingerprint density at radius 2 is 1.95 bits per heavy atom. The van der Waals surface area contributed by atoms with Gasteiger partial charge in [0, 0.05) is 10.6 Å². The lowest BCUT2D eigenvalue weighted by Crippen LogP contribution is -2.04. The Balaban J connectivity index is 2.22. The molecule has 0 bridgehead atoms. The Kier molecular flexibility index (Phi) is 5.19. The van der Waals surface area contributed by atoms with E-state index >= 15 is 0 Å². The van der Waals surface area contributed by atoms with E-state index in [2.05, 4.69) is 6.07 Å². The van der Waals surface area contributed by atoms with Crippen molar-refractivity contribution < 1.29 is 9.13 Å². The van der Waals surface area contributed by atoms with E-state index in [0.717, 1.165) is 11.3 Å². The summed E-state index contributed by atoms with van der Waals surface area (Å²) in [5.41, 5.74) is 1.19. The van der Waals surface area contributed by atoms with E-state index in [1.165, 1.54) is 12.1 Å². The number of nitrogens with zero attached hydrogens (tertiary/aromatic N) is 1. The van der Waals surface area contributed by atoms with Crippen LogP contribution in [0.4, 0.5) is 4.39 Å². The predicted octanol–water partition coefficient (Wildman–Crippen LogP) is 4.73. The first-order chi connectivity index (χ1) is 10.2. The summed E-state index contributed by atoms with van der Waals surface area (Å²) in [5, 5.41) is 9.61. The van der Waals surface area contributed by atoms with Gasteiger partial charge in [0.25, 0.3) is 0 Å². The van der Waals surface area contributed by atoms with Gasteiger partial charge >= 0.3 is 0 Å². The van der Waals surface area contributed by atoms with Crippen LogP contribution in [0.2, 0.25) is 5.02 Å². The van der Waals surface area contributed by atoms with Gasteiger partial charge in [-0.1, -0.05) is 29.8 Å². The monoisotopic (exact) mass is 303 g/mol. The van der Waals surface area contributed by atoms with Gasteiger partial charge in [0.2, 0.25) is 0 Å². The number of benzene rings is 2. The second-order valence-electron chi connectivity index (χ2n) is 4.60. The van der Waals surface area contributed by atoms with Crippen LogP contribution in [0.5, 0.6) is 5.75 Å². The zero-order valence-corrected chi connectivity index (χ0v) is 12.4. The second kappa shape index (κ2) is 7.10. The highest BCUT2D eigenvalue weighted by atomic mass is 35.5. The number of ether oxygens (including phenoxy) is 1. The van der Waals surface area contributed by atoms with Crippen LogP contribution in [0.15, 0.2) is 42.5 Å². The molecule has 0 spiro atoms. The molecule has 1 atom stereocenters. The summed E-state index contributed by atoms with van der Waals surface area (Å²) in [6, 6.07) is 14.0. The van der Waals surface area contributed by atoms with Crippen molar-refractivity contribution in [1.29, 1.82) is 5.26 Å². The van der Waals surface area contributed by atoms with Crippen molar-refractivity contribution in [2.75, 3.05) is 6.61 Å². The third-order valence-corrected chi connectivity index (χ3v) is 3.51. The Bertz CT molecular complexity index is 629. The lowest BCUT2D eigenvalue weighted by Gasteiger charge is -2.13. The highest BCUT2D eigenvalue weighted by Gasteiger charge is 2.19. The summed E-state index contributed by atoms with van der Waals surface area (Å²) < 4.78 is 19.3. The first-order valence-corrected chi connectivity index (χ1v) is 7.08. The number of hydrogen-bond donors (Lipinski definition) is 0. The van der Waals surface area contributed by atoms with E-state index in [0.29, 0.717) is 13.0 Å². The number of halogens is 2. The molecule has 0 heterocycles. The van der Waals surface area contributed by atoms with Gasteiger partial charge in [0.05, 0.1) is 18.6 Å². The summed E-state index contributed by atoms with van der Waals surface area (Å²) in [6.45, 7) is 2.52. The molecule has 0 fully saturated rings. The first-order valence-electron chi connectivity index (χ1n) is 6.71. The summed E-state index contributed by atoms with van der Waals surface area (Å²) in [6.07, 6.45) is 0.406. The van der Waals surface area contributed by atoms with E-state index in [9.17, 15) is 9.65 Å². The van der Waals surface area contributed by atoms with Gasteiger partial charge < -0.3 is 4.74 Å². The number of rotatable bonds is 5. The van der Waals surface area contributed by atoms with Gasteiger partial charge in [0.15, 0.2) is 0 Å². The minimum absolute atomic E-state index is 0.260. The number of hydrogen-bond acceptors (Lipinski definition) is 2. The molecule has 2 aromatic rings. The fourth-order valence-corrected chi connectivity index (χ4v) is 2.47. The topological polar surface area (TPSA) is 33.0 Å². The molecule has 0 saturated heterocycles. The summed E-state index contributed by atoms with van der Waals surface area (Å²) in [4.78, 5) is 0. The van der Waals surface area contributed by atoms with Crippen molar-refractivity contribution in [2.24, 2.45) is 0 Å². The fourth-order valence-electron chi connectivity index (χ4n) is 2.18. The van der Waals surface area contributed by atoms with Crippen LogP contribution in [0, 0.1) is 17.1 Å². The molecular formula is C17H15ClFNO. The maximum atomic E-state index is 13.9. The third kappa shape index (κ3) is 3.74. The summed E-state index contributed by atoms with van der Waals surface area (Å²) in [5.74, 6) is -0.282. The SMILES string of the molecule is CCOc1ccc(CC(C#N)c2c(F)cccc2Cl)cc1. The fraction of sp³-hybridized carbons (Fsp3) is 0.235. The second-order valence-corrected chi connectivity index (χ2v) is 5.01. The zero-order chi connectivity index (χ0) is 15.2. The van der Waals surface area contributed by atoms with E-state index in [4.69, 9.17) is 16.3 Å². The average molecular weight is 304 g/mol. The van der Waals surface area contributed by atoms with Gasteiger partial charge in [-0.25, -0.2) is 4.39 Å². The van der Waals surface area contributed by atoms with Crippen molar-refractivity contribution in [1.82, 2.24) is 0 Å². The highest BCUT2D eigenvalue weighted by Crippen LogP contribution is 2.30. The molecule has 0 amide bonds. The van der Waals surface area contributed by atoms with Crippen LogP contribution >= 0.6 is 11.6 Å². The molecule has 2 aromatic carbocycles. The van der Waals surface area contributed by atoms with Crippen LogP contribution in [-0.4, -0.2) is 6.61 Å². The van der Waals surface area contributed by atoms with E-state index in [1.54, 1.807) is 6.07 Å². The van der Waals surface area contributed by atoms with Gasteiger partial charge in [0.1, 0.15) is 11.6 Å². The molecule has 0 aliphatic heterocycles. The van der Waals surface area contributed by atoms with E-state index in [-0.39, 0.29) is 10.6 Å². The van der Waals surface area contributed by atoms with Gasteiger partial charge in [-0.3, -0.25) is 0 Å². The van der Waals surface area contributed by atoms with E-state index in [1.807, 2.05) is 31.2 Å². The van der Waals surface area contributed by atoms with Gasteiger partial charge in [-0.05, 0) is 43.2 Å². The Morgan fingerprint density at radius 3 is 2.52 bits per heavy atom. The van der Waals surface area contributed by atoms with Crippen LogP contribution in [0.3, 0.4) is 0 Å². The maximum Gasteiger partial charge on any atom is 0.129 e. The Morgan fingerprint density at radius 1 is 1.24 bits per heavy atom. The quantitative estimate of drug-likeness (QED) is 0.800. The molecule has 21 heavy (non-hydrogen) atoms. The van der Waals surface area contributed by atoms with Crippen molar-refractivity contribution >= 4 is 11.6 Å². The Hall–Kier alpha value is -2.05. The maximum absolute atomic E-state index is 13.9. The summed E-state index contributed by atoms with van der Waals surface area (Å²) in [7, 11) is 0. The zero-order valence-electron chi connectivity index (χ0n) is 11.6. The number of nitriles is 1. The van der Waals surface area contributed by atoms with Crippen molar-refractivity contribution in [3.63, 3.8) is 0 Å². The lowest BCUT2D eigenvalue weighted by atomic mass is 9.93. The van der Waals surface area contributed by atoms with Crippen molar-refractivity contribution in [3.8, 4) is 11.8 Å². The molecule has 2 nitrogen and oxygen atoms in total. The predicted molar refractivity (Wildman–Crippen MR) is 81.1 cm³/mol. The van der Waals surface area contributed by atoms with E-state index < -0.39 is 11.7 Å². The molecule has 0 radical (unpaired) electrons. The highest BCUT2D eigenvalue weighted by molar-refractivity contribution is 6.31. The minimum atomic E-state index is -0.614. The molecule has 2 rings (SSSR count). The minimum Gasteiger partial charge on any atom is -0.494 e. The van der Waals surface area contributed by atoms with Crippen LogP contribution < -0.4 is 4.74 Å².